The summed E-state index contributed by atoms with van der Waals surface area (Å²) in [5, 5.41) is 10.6. The summed E-state index contributed by atoms with van der Waals surface area (Å²) in [5.74, 6) is -2.26. The molecule has 0 spiro atoms. The number of hydrogen-bond acceptors (Lipinski definition) is 15. The third-order valence-electron chi connectivity index (χ3n) is 16.5. The predicted octanol–water partition coefficient (Wildman–Crippen LogP) is 22.8. The first-order valence-electron chi connectivity index (χ1n) is 39.5. The topological polar surface area (TPSA) is 237 Å². The molecule has 578 valence electrons. The predicted molar refractivity (Wildman–Crippen MR) is 409 cm³/mol. The van der Waals surface area contributed by atoms with Crippen LogP contribution < -0.4 is 0 Å². The van der Waals surface area contributed by atoms with Crippen LogP contribution >= 0.6 is 15.6 Å². The second-order valence-electron chi connectivity index (χ2n) is 26.3. The van der Waals surface area contributed by atoms with Crippen molar-refractivity contribution in [1.82, 2.24) is 0 Å². The summed E-state index contributed by atoms with van der Waals surface area (Å²) < 4.78 is 68.5. The fraction of sp³-hybridized carbons (Fsp3) is 0.753. The van der Waals surface area contributed by atoms with Gasteiger partial charge in [0.2, 0.25) is 0 Å². The maximum absolute atomic E-state index is 13.1. The molecule has 0 aliphatic heterocycles. The van der Waals surface area contributed by atoms with Gasteiger partial charge in [-0.3, -0.25) is 37.3 Å². The second kappa shape index (κ2) is 73.3. The molecule has 0 aliphatic carbocycles. The van der Waals surface area contributed by atoms with Crippen LogP contribution in [-0.2, 0) is 65.4 Å². The van der Waals surface area contributed by atoms with Crippen molar-refractivity contribution >= 4 is 39.5 Å². The van der Waals surface area contributed by atoms with Gasteiger partial charge in [0, 0.05) is 25.7 Å². The number of carbonyl (C=O) groups is 4. The van der Waals surface area contributed by atoms with E-state index in [9.17, 15) is 43.2 Å². The van der Waals surface area contributed by atoms with Gasteiger partial charge in [0.15, 0.2) is 12.2 Å². The lowest BCUT2D eigenvalue weighted by Crippen LogP contribution is -2.30. The van der Waals surface area contributed by atoms with Crippen molar-refractivity contribution in [1.29, 1.82) is 0 Å². The smallest absolute Gasteiger partial charge is 0.462 e. The minimum atomic E-state index is -4.99. The maximum Gasteiger partial charge on any atom is 0.472 e. The lowest BCUT2D eigenvalue weighted by molar-refractivity contribution is -0.161. The van der Waals surface area contributed by atoms with Crippen LogP contribution in [-0.4, -0.2) is 96.7 Å². The van der Waals surface area contributed by atoms with E-state index in [0.717, 1.165) is 148 Å². The van der Waals surface area contributed by atoms with Crippen molar-refractivity contribution in [2.24, 2.45) is 0 Å². The van der Waals surface area contributed by atoms with E-state index >= 15 is 0 Å². The van der Waals surface area contributed by atoms with Gasteiger partial charge in [-0.05, 0) is 148 Å². The zero-order chi connectivity index (χ0) is 73.2. The highest BCUT2D eigenvalue weighted by atomic mass is 31.2. The fourth-order valence-corrected chi connectivity index (χ4v) is 12.0. The van der Waals surface area contributed by atoms with Gasteiger partial charge in [0.1, 0.15) is 19.3 Å². The number of ether oxygens (including phenoxy) is 4. The van der Waals surface area contributed by atoms with Gasteiger partial charge in [-0.2, -0.15) is 0 Å². The Morgan fingerprint density at radius 3 is 0.830 bits per heavy atom. The van der Waals surface area contributed by atoms with Gasteiger partial charge in [-0.1, -0.05) is 260 Å². The van der Waals surface area contributed by atoms with Crippen LogP contribution in [0, 0.1) is 0 Å². The zero-order valence-electron chi connectivity index (χ0n) is 63.1. The van der Waals surface area contributed by atoms with Crippen LogP contribution in [0.4, 0.5) is 0 Å². The molecular formula is C81H142O17P2. The summed E-state index contributed by atoms with van der Waals surface area (Å²) >= 11 is 0. The number of esters is 4. The number of phosphoric acid groups is 2. The minimum absolute atomic E-state index is 0.0176. The quantitative estimate of drug-likeness (QED) is 0.0169. The first-order chi connectivity index (χ1) is 48.7. The number of allylic oxidation sites excluding steroid dienone is 16. The third-order valence-corrected chi connectivity index (χ3v) is 18.4. The maximum atomic E-state index is 13.1. The van der Waals surface area contributed by atoms with E-state index in [0.29, 0.717) is 32.1 Å². The van der Waals surface area contributed by atoms with E-state index in [1.807, 2.05) is 12.2 Å². The number of aliphatic hydroxyl groups excluding tert-OH is 1. The SMILES string of the molecule is CCCCC/C=C\C/C=C\C/C=C\C/C=C\CCCC(=O)O[C@H](COC(=O)CCCCCCC/C=C\CCCCCCCC)COP(=O)(O)OC[C@H](O)COP(=O)(O)OC[C@@H](COC(=O)CCCCCCC/C=C\CCCCCC)OC(=O)CCCCCCC/C=C\C/C=C\CCCCC. The van der Waals surface area contributed by atoms with Crippen LogP contribution in [0.25, 0.3) is 0 Å². The summed E-state index contributed by atoms with van der Waals surface area (Å²) in [6.45, 7) is 4.73. The Kier molecular flexibility index (Phi) is 70.4. The molecule has 0 aromatic carbocycles. The van der Waals surface area contributed by atoms with Crippen LogP contribution in [0.3, 0.4) is 0 Å². The number of aliphatic hydroxyl groups is 1. The summed E-state index contributed by atoms with van der Waals surface area (Å²) in [6, 6.07) is 0. The highest BCUT2D eigenvalue weighted by molar-refractivity contribution is 7.47. The monoisotopic (exact) mass is 1450 g/mol. The molecule has 0 bridgehead atoms. The average Bonchev–Trinajstić information content (AvgIpc) is 1.22. The van der Waals surface area contributed by atoms with Crippen molar-refractivity contribution in [3.05, 3.63) is 97.2 Å². The normalized spacial score (nSPS) is 14.4. The van der Waals surface area contributed by atoms with Crippen molar-refractivity contribution in [3.8, 4) is 0 Å². The van der Waals surface area contributed by atoms with E-state index in [2.05, 4.69) is 113 Å². The molecule has 0 radical (unpaired) electrons. The highest BCUT2D eigenvalue weighted by Gasteiger charge is 2.30. The van der Waals surface area contributed by atoms with Crippen molar-refractivity contribution in [2.45, 2.75) is 354 Å². The van der Waals surface area contributed by atoms with Crippen LogP contribution in [0.5, 0.6) is 0 Å². The molecule has 0 saturated carbocycles. The summed E-state index contributed by atoms with van der Waals surface area (Å²) in [6.07, 6.45) is 76.8. The van der Waals surface area contributed by atoms with Gasteiger partial charge < -0.3 is 33.8 Å². The van der Waals surface area contributed by atoms with E-state index < -0.39 is 97.5 Å². The Balaban J connectivity index is 5.42. The minimum Gasteiger partial charge on any atom is -0.462 e. The van der Waals surface area contributed by atoms with Crippen molar-refractivity contribution in [2.75, 3.05) is 39.6 Å². The molecule has 0 aliphatic rings. The van der Waals surface area contributed by atoms with Crippen LogP contribution in [0.1, 0.15) is 336 Å². The molecule has 5 atom stereocenters. The van der Waals surface area contributed by atoms with Crippen LogP contribution in [0.15, 0.2) is 97.2 Å². The number of hydrogen-bond donors (Lipinski definition) is 3. The summed E-state index contributed by atoms with van der Waals surface area (Å²) in [4.78, 5) is 72.9. The van der Waals surface area contributed by atoms with Gasteiger partial charge in [-0.25, -0.2) is 9.13 Å². The molecule has 2 unspecified atom stereocenters. The molecule has 19 heteroatoms. The summed E-state index contributed by atoms with van der Waals surface area (Å²) in [5.41, 5.74) is 0. The number of phosphoric ester groups is 2. The van der Waals surface area contributed by atoms with Gasteiger partial charge in [0.25, 0.3) is 0 Å². The average molecular weight is 1450 g/mol. The molecular weight excluding hydrogens is 1310 g/mol. The fourth-order valence-electron chi connectivity index (χ4n) is 10.4. The van der Waals surface area contributed by atoms with E-state index in [1.54, 1.807) is 0 Å². The molecule has 0 aromatic heterocycles. The Morgan fingerprint density at radius 1 is 0.280 bits per heavy atom. The van der Waals surface area contributed by atoms with Gasteiger partial charge >= 0.3 is 39.5 Å². The molecule has 100 heavy (non-hydrogen) atoms. The Hall–Kier alpha value is -4.02. The lowest BCUT2D eigenvalue weighted by Gasteiger charge is -2.21. The van der Waals surface area contributed by atoms with E-state index in [-0.39, 0.29) is 25.7 Å². The van der Waals surface area contributed by atoms with E-state index in [4.69, 9.17) is 37.0 Å². The van der Waals surface area contributed by atoms with Crippen LogP contribution in [0.2, 0.25) is 0 Å². The molecule has 0 heterocycles. The van der Waals surface area contributed by atoms with Crippen molar-refractivity contribution in [3.63, 3.8) is 0 Å². The molecule has 17 nitrogen and oxygen atoms in total. The molecule has 0 rings (SSSR count). The Bertz CT molecular complexity index is 2270. The highest BCUT2D eigenvalue weighted by Crippen LogP contribution is 2.45. The molecule has 0 amide bonds. The molecule has 0 aromatic rings. The van der Waals surface area contributed by atoms with Crippen molar-refractivity contribution < 1.29 is 80.2 Å². The zero-order valence-corrected chi connectivity index (χ0v) is 64.9. The largest absolute Gasteiger partial charge is 0.472 e. The van der Waals surface area contributed by atoms with E-state index in [1.165, 1.54) is 103 Å². The third kappa shape index (κ3) is 72.3. The molecule has 3 N–H and O–H groups in total. The Morgan fingerprint density at radius 2 is 0.500 bits per heavy atom. The second-order valence-corrected chi connectivity index (χ2v) is 29.2. The first kappa shape index (κ1) is 96.0. The molecule has 0 fully saturated rings. The number of rotatable bonds is 74. The van der Waals surface area contributed by atoms with Gasteiger partial charge in [-0.15, -0.1) is 0 Å². The summed E-state index contributed by atoms with van der Waals surface area (Å²) in [7, 11) is -9.97. The number of unbranched alkanes of at least 4 members (excludes halogenated alkanes) is 32. The Labute approximate surface area is 607 Å². The first-order valence-corrected chi connectivity index (χ1v) is 42.5. The van der Waals surface area contributed by atoms with Gasteiger partial charge in [0.05, 0.1) is 26.4 Å². The lowest BCUT2D eigenvalue weighted by atomic mass is 10.1. The standard InChI is InChI=1S/C81H142O17P2/c1-5-9-13-17-21-25-29-33-36-37-40-44-48-52-56-60-64-68-81(86)98-77(72-92-79(84)66-62-58-54-50-46-42-38-34-30-26-22-18-14-10-6-2)74-96-100(89,90)94-70-75(82)69-93-99(87,88)95-73-76(71-91-78(83)65-61-57-53-49-45-41-32-28-24-20-16-12-8-4)97-80(85)67-63-59-55-51-47-43-39-35-31-27-23-19-15-11-7-3/h21,23,25,27-28,32-36,38-40,44,52,56,75-77,82H,5-20,22,24,26,29-31,37,41-43,45-51,53-55,57-74H2,1-4H3,(H,87,88)(H,89,90)/b25-21-,27-23-,32-28-,36-33-,38-34-,39-35-,44-40-,56-52-/t75-,76-,77-/m1/s1. The number of carbonyl (C=O) groups excluding carboxylic acids is 4. The molecule has 0 saturated heterocycles.